The van der Waals surface area contributed by atoms with Crippen molar-refractivity contribution in [1.29, 1.82) is 0 Å². The van der Waals surface area contributed by atoms with Gasteiger partial charge in [0.2, 0.25) is 11.1 Å². The molecule has 0 atom stereocenters. The molecule has 1 aromatic heterocycles. The van der Waals surface area contributed by atoms with Crippen molar-refractivity contribution in [2.45, 2.75) is 56.5 Å². The maximum atomic E-state index is 12.4. The van der Waals surface area contributed by atoms with Crippen molar-refractivity contribution < 1.29 is 14.3 Å². The Hall–Kier alpha value is -3.07. The van der Waals surface area contributed by atoms with Crippen molar-refractivity contribution in [2.24, 2.45) is 0 Å². The number of hydrogen-bond donors (Lipinski definition) is 1. The quantitative estimate of drug-likeness (QED) is 0.447. The molecule has 8 nitrogen and oxygen atoms in total. The lowest BCUT2D eigenvalue weighted by molar-refractivity contribution is -0.118. The first-order valence-corrected chi connectivity index (χ1v) is 12.2. The highest BCUT2D eigenvalue weighted by molar-refractivity contribution is 7.99. The molecule has 1 aliphatic rings. The van der Waals surface area contributed by atoms with E-state index in [0.29, 0.717) is 35.8 Å². The SMILES string of the molecule is COc1cc(CNC(=O)CSc2nnnn2C2CCCCC2)ccc1OCc1ccccc1. The molecule has 2 aromatic carbocycles. The molecule has 33 heavy (non-hydrogen) atoms. The fourth-order valence-electron chi connectivity index (χ4n) is 3.89. The van der Waals surface area contributed by atoms with Gasteiger partial charge in [0.05, 0.1) is 18.9 Å². The Balaban J connectivity index is 1.26. The van der Waals surface area contributed by atoms with E-state index in [1.54, 1.807) is 7.11 Å². The molecule has 1 amide bonds. The number of rotatable bonds is 10. The smallest absolute Gasteiger partial charge is 0.230 e. The predicted octanol–water partition coefficient (Wildman–Crippen LogP) is 4.17. The summed E-state index contributed by atoms with van der Waals surface area (Å²) in [4.78, 5) is 12.4. The number of carbonyl (C=O) groups is 1. The number of nitrogens with one attached hydrogen (secondary N) is 1. The van der Waals surface area contributed by atoms with Gasteiger partial charge in [0, 0.05) is 6.54 Å². The highest BCUT2D eigenvalue weighted by Crippen LogP contribution is 2.30. The first kappa shape index (κ1) is 23.1. The van der Waals surface area contributed by atoms with Crippen LogP contribution in [0.2, 0.25) is 0 Å². The van der Waals surface area contributed by atoms with E-state index >= 15 is 0 Å². The molecule has 1 heterocycles. The second kappa shape index (κ2) is 11.7. The van der Waals surface area contributed by atoms with Crippen LogP contribution in [0.4, 0.5) is 0 Å². The molecule has 3 aromatic rings. The normalized spacial score (nSPS) is 14.1. The summed E-state index contributed by atoms with van der Waals surface area (Å²) in [6.07, 6.45) is 5.87. The zero-order valence-corrected chi connectivity index (χ0v) is 19.6. The van der Waals surface area contributed by atoms with Crippen molar-refractivity contribution in [3.63, 3.8) is 0 Å². The zero-order valence-electron chi connectivity index (χ0n) is 18.8. The van der Waals surface area contributed by atoms with Gasteiger partial charge in [0.1, 0.15) is 6.61 Å². The van der Waals surface area contributed by atoms with Crippen molar-refractivity contribution in [2.75, 3.05) is 12.9 Å². The third kappa shape index (κ3) is 6.47. The Bertz CT molecular complexity index is 1040. The Morgan fingerprint density at radius 2 is 1.91 bits per heavy atom. The fraction of sp³-hybridized carbons (Fsp3) is 0.417. The molecule has 0 spiro atoms. The molecule has 0 unspecified atom stereocenters. The second-order valence-corrected chi connectivity index (χ2v) is 8.97. The molecule has 4 rings (SSSR count). The van der Waals surface area contributed by atoms with E-state index in [-0.39, 0.29) is 11.7 Å². The Morgan fingerprint density at radius 1 is 1.09 bits per heavy atom. The van der Waals surface area contributed by atoms with Crippen LogP contribution in [0.15, 0.2) is 53.7 Å². The highest BCUT2D eigenvalue weighted by Gasteiger charge is 2.20. The molecule has 1 N–H and O–H groups in total. The van der Waals surface area contributed by atoms with Crippen LogP contribution in [0.1, 0.15) is 49.3 Å². The number of tetrazole rings is 1. The monoisotopic (exact) mass is 467 g/mol. The number of thioether (sulfide) groups is 1. The third-order valence-corrected chi connectivity index (χ3v) is 6.60. The summed E-state index contributed by atoms with van der Waals surface area (Å²) in [5, 5.41) is 15.7. The first-order chi connectivity index (χ1) is 16.2. The molecular formula is C24H29N5O3S. The van der Waals surface area contributed by atoms with Crippen molar-refractivity contribution in [3.8, 4) is 11.5 Å². The lowest BCUT2D eigenvalue weighted by Gasteiger charge is -2.21. The molecule has 0 bridgehead atoms. The van der Waals surface area contributed by atoms with E-state index in [1.807, 2.05) is 53.2 Å². The molecule has 0 saturated heterocycles. The first-order valence-electron chi connectivity index (χ1n) is 11.2. The molecule has 174 valence electrons. The Labute approximate surface area is 198 Å². The number of methoxy groups -OCH3 is 1. The van der Waals surface area contributed by atoms with Crippen LogP contribution in [0.5, 0.6) is 11.5 Å². The summed E-state index contributed by atoms with van der Waals surface area (Å²) in [5.74, 6) is 1.50. The summed E-state index contributed by atoms with van der Waals surface area (Å²) >= 11 is 1.38. The van der Waals surface area contributed by atoms with Gasteiger partial charge in [-0.2, -0.15) is 0 Å². The average molecular weight is 468 g/mol. The van der Waals surface area contributed by atoms with E-state index in [2.05, 4.69) is 20.8 Å². The Morgan fingerprint density at radius 3 is 2.70 bits per heavy atom. The minimum absolute atomic E-state index is 0.0680. The highest BCUT2D eigenvalue weighted by atomic mass is 32.2. The lowest BCUT2D eigenvalue weighted by atomic mass is 9.96. The van der Waals surface area contributed by atoms with Gasteiger partial charge in [-0.15, -0.1) is 5.10 Å². The van der Waals surface area contributed by atoms with Gasteiger partial charge in [-0.1, -0.05) is 67.4 Å². The van der Waals surface area contributed by atoms with Gasteiger partial charge >= 0.3 is 0 Å². The molecule has 1 saturated carbocycles. The maximum absolute atomic E-state index is 12.4. The standard InChI is InChI=1S/C24H29N5O3S/c1-31-22-14-19(12-13-21(22)32-16-18-8-4-2-5-9-18)15-25-23(30)17-33-24-26-27-28-29(24)20-10-6-3-7-11-20/h2,4-5,8-9,12-14,20H,3,6-7,10-11,15-17H2,1H3,(H,25,30). The molecule has 9 heteroatoms. The van der Waals surface area contributed by atoms with Crippen LogP contribution < -0.4 is 14.8 Å². The molecule has 0 aliphatic heterocycles. The number of hydrogen-bond acceptors (Lipinski definition) is 7. The van der Waals surface area contributed by atoms with E-state index in [0.717, 1.165) is 24.0 Å². The lowest BCUT2D eigenvalue weighted by Crippen LogP contribution is -2.25. The second-order valence-electron chi connectivity index (χ2n) is 8.02. The topological polar surface area (TPSA) is 91.2 Å². The van der Waals surface area contributed by atoms with E-state index in [4.69, 9.17) is 9.47 Å². The summed E-state index contributed by atoms with van der Waals surface area (Å²) < 4.78 is 13.3. The summed E-state index contributed by atoms with van der Waals surface area (Å²) in [5.41, 5.74) is 2.02. The van der Waals surface area contributed by atoms with E-state index in [9.17, 15) is 4.79 Å². The number of carbonyl (C=O) groups excluding carboxylic acids is 1. The van der Waals surface area contributed by atoms with Crippen LogP contribution in [-0.2, 0) is 17.9 Å². The summed E-state index contributed by atoms with van der Waals surface area (Å²) in [7, 11) is 1.61. The number of nitrogens with zero attached hydrogens (tertiary/aromatic N) is 4. The fourth-order valence-corrected chi connectivity index (χ4v) is 4.67. The summed E-state index contributed by atoms with van der Waals surface area (Å²) in [6, 6.07) is 16.0. The molecule has 1 fully saturated rings. The van der Waals surface area contributed by atoms with Gasteiger partial charge in [0.25, 0.3) is 0 Å². The van der Waals surface area contributed by atoms with Gasteiger partial charge in [-0.25, -0.2) is 4.68 Å². The van der Waals surface area contributed by atoms with Crippen molar-refractivity contribution >= 4 is 17.7 Å². The predicted molar refractivity (Wildman–Crippen MR) is 126 cm³/mol. The number of ether oxygens (including phenoxy) is 2. The minimum Gasteiger partial charge on any atom is -0.493 e. The van der Waals surface area contributed by atoms with Gasteiger partial charge in [-0.3, -0.25) is 4.79 Å². The van der Waals surface area contributed by atoms with E-state index in [1.165, 1.54) is 31.0 Å². The molecular weight excluding hydrogens is 438 g/mol. The summed E-state index contributed by atoms with van der Waals surface area (Å²) in [6.45, 7) is 0.868. The average Bonchev–Trinajstić information content (AvgIpc) is 3.35. The van der Waals surface area contributed by atoms with Crippen LogP contribution >= 0.6 is 11.8 Å². The number of benzene rings is 2. The molecule has 0 radical (unpaired) electrons. The maximum Gasteiger partial charge on any atom is 0.230 e. The Kier molecular flexibility index (Phi) is 8.19. The van der Waals surface area contributed by atoms with E-state index < -0.39 is 0 Å². The minimum atomic E-state index is -0.0680. The van der Waals surface area contributed by atoms with Crippen LogP contribution in [0, 0.1) is 0 Å². The number of aromatic nitrogens is 4. The van der Waals surface area contributed by atoms with Crippen LogP contribution in [0.25, 0.3) is 0 Å². The van der Waals surface area contributed by atoms with Crippen molar-refractivity contribution in [3.05, 3.63) is 59.7 Å². The number of amides is 1. The third-order valence-electron chi connectivity index (χ3n) is 5.67. The largest absolute Gasteiger partial charge is 0.493 e. The van der Waals surface area contributed by atoms with Crippen LogP contribution in [0.3, 0.4) is 0 Å². The van der Waals surface area contributed by atoms with Gasteiger partial charge < -0.3 is 14.8 Å². The van der Waals surface area contributed by atoms with Crippen molar-refractivity contribution in [1.82, 2.24) is 25.5 Å². The van der Waals surface area contributed by atoms with Gasteiger partial charge in [-0.05, 0) is 46.5 Å². The molecule has 1 aliphatic carbocycles. The van der Waals surface area contributed by atoms with Gasteiger partial charge in [0.15, 0.2) is 11.5 Å². The zero-order chi connectivity index (χ0) is 22.9. The van der Waals surface area contributed by atoms with Crippen LogP contribution in [-0.4, -0.2) is 39.0 Å².